The van der Waals surface area contributed by atoms with Crippen molar-refractivity contribution in [2.45, 2.75) is 11.8 Å². The number of nitrogens with one attached hydrogen (secondary N) is 2. The first kappa shape index (κ1) is 23.0. The van der Waals surface area contributed by atoms with E-state index < -0.39 is 0 Å². The Morgan fingerprint density at radius 2 is 1.74 bits per heavy atom. The van der Waals surface area contributed by atoms with Gasteiger partial charge >= 0.3 is 0 Å². The molecular formula is C24H19Cl2N5OS2. The molecule has 1 aliphatic rings. The third-order valence-electron chi connectivity index (χ3n) is 5.45. The van der Waals surface area contributed by atoms with Gasteiger partial charge in [0.05, 0.1) is 21.5 Å². The van der Waals surface area contributed by atoms with E-state index in [0.29, 0.717) is 38.5 Å². The van der Waals surface area contributed by atoms with E-state index in [2.05, 4.69) is 15.5 Å². The van der Waals surface area contributed by atoms with Gasteiger partial charge in [-0.2, -0.15) is 5.10 Å². The highest BCUT2D eigenvalue weighted by Crippen LogP contribution is 2.38. The van der Waals surface area contributed by atoms with E-state index in [-0.39, 0.29) is 11.3 Å². The number of hydrogen-bond donors (Lipinski definition) is 2. The number of aromatic nitrogens is 3. The Kier molecular flexibility index (Phi) is 6.65. The fourth-order valence-electron chi connectivity index (χ4n) is 3.87. The van der Waals surface area contributed by atoms with Gasteiger partial charge in [0.15, 0.2) is 5.82 Å². The van der Waals surface area contributed by atoms with Gasteiger partial charge in [0.1, 0.15) is 5.37 Å². The molecule has 172 valence electrons. The lowest BCUT2D eigenvalue weighted by Gasteiger charge is -2.26. The van der Waals surface area contributed by atoms with Crippen molar-refractivity contribution < 1.29 is 4.79 Å². The van der Waals surface area contributed by atoms with Crippen LogP contribution in [-0.4, -0.2) is 26.5 Å². The van der Waals surface area contributed by atoms with Crippen LogP contribution < -0.4 is 10.3 Å². The molecule has 1 unspecified atom stereocenters. The van der Waals surface area contributed by atoms with E-state index in [0.717, 1.165) is 16.8 Å². The number of H-pyrrole nitrogens is 1. The Balaban J connectivity index is 1.50. The summed E-state index contributed by atoms with van der Waals surface area (Å²) in [6.07, 6.45) is 0.425. The van der Waals surface area contributed by atoms with E-state index in [1.165, 1.54) is 0 Å². The SMILES string of the molecule is O=C1CSC(c2ccccc2)N1n1c(Cc2ccccc2Nc2c(Cl)cccc2Cl)n[nH]c1=S. The lowest BCUT2D eigenvalue weighted by molar-refractivity contribution is -0.117. The molecular weight excluding hydrogens is 509 g/mol. The summed E-state index contributed by atoms with van der Waals surface area (Å²) in [4.78, 5) is 13.0. The van der Waals surface area contributed by atoms with Crippen LogP contribution in [0.2, 0.25) is 10.0 Å². The molecule has 0 spiro atoms. The number of hydrogen-bond acceptors (Lipinski definition) is 5. The zero-order valence-corrected chi connectivity index (χ0v) is 20.9. The van der Waals surface area contributed by atoms with Gasteiger partial charge in [-0.05, 0) is 41.5 Å². The Morgan fingerprint density at radius 3 is 2.50 bits per heavy atom. The van der Waals surface area contributed by atoms with E-state index in [9.17, 15) is 4.79 Å². The molecule has 1 aliphatic heterocycles. The molecule has 2 N–H and O–H groups in total. The summed E-state index contributed by atoms with van der Waals surface area (Å²) in [5.74, 6) is 0.975. The molecule has 4 aromatic rings. The molecule has 1 atom stereocenters. The molecule has 0 bridgehead atoms. The molecule has 2 heterocycles. The number of thioether (sulfide) groups is 1. The first-order chi connectivity index (χ1) is 16.5. The number of para-hydroxylation sites is 2. The van der Waals surface area contributed by atoms with Crippen molar-refractivity contribution in [2.24, 2.45) is 0 Å². The highest BCUT2D eigenvalue weighted by Gasteiger charge is 2.36. The van der Waals surface area contributed by atoms with E-state index in [4.69, 9.17) is 35.4 Å². The van der Waals surface area contributed by atoms with Gasteiger partial charge in [0.25, 0.3) is 5.91 Å². The summed E-state index contributed by atoms with van der Waals surface area (Å²) in [7, 11) is 0. The third-order valence-corrected chi connectivity index (χ3v) is 7.54. The molecule has 3 aromatic carbocycles. The molecule has 0 saturated carbocycles. The molecule has 5 rings (SSSR count). The molecule has 1 fully saturated rings. The molecule has 0 radical (unpaired) electrons. The predicted molar refractivity (Wildman–Crippen MR) is 141 cm³/mol. The average molecular weight is 528 g/mol. The number of carbonyl (C=O) groups excluding carboxylic acids is 1. The van der Waals surface area contributed by atoms with Crippen LogP contribution >= 0.6 is 47.2 Å². The average Bonchev–Trinajstić information content (AvgIpc) is 3.39. The second kappa shape index (κ2) is 9.84. The highest BCUT2D eigenvalue weighted by atomic mass is 35.5. The maximum absolute atomic E-state index is 13.0. The quantitative estimate of drug-likeness (QED) is 0.280. The van der Waals surface area contributed by atoms with E-state index in [1.54, 1.807) is 39.6 Å². The number of amides is 1. The fraction of sp³-hybridized carbons (Fsp3) is 0.125. The number of benzene rings is 3. The van der Waals surface area contributed by atoms with Crippen LogP contribution in [0.25, 0.3) is 0 Å². The second-order valence-corrected chi connectivity index (χ2v) is 9.89. The minimum absolute atomic E-state index is 0.0214. The van der Waals surface area contributed by atoms with Crippen molar-refractivity contribution in [3.63, 3.8) is 0 Å². The van der Waals surface area contributed by atoms with Crippen molar-refractivity contribution in [1.29, 1.82) is 0 Å². The molecule has 1 saturated heterocycles. The van der Waals surface area contributed by atoms with Crippen LogP contribution in [0.3, 0.4) is 0 Å². The number of carbonyl (C=O) groups is 1. The minimum Gasteiger partial charge on any atom is -0.353 e. The number of anilines is 2. The molecule has 0 aliphatic carbocycles. The normalized spacial score (nSPS) is 15.6. The Hall–Kier alpha value is -2.78. The summed E-state index contributed by atoms with van der Waals surface area (Å²) < 4.78 is 2.08. The standard InChI is InChI=1S/C24H19Cl2N5OS2/c25-17-10-6-11-18(26)22(17)27-19-12-5-4-9-16(19)13-20-28-29-24(33)30(20)31-21(32)14-34-23(31)15-7-2-1-3-8-15/h1-12,23,27H,13-14H2,(H,29,33). The minimum atomic E-state index is -0.188. The summed E-state index contributed by atoms with van der Waals surface area (Å²) in [5, 5.41) is 13.2. The third kappa shape index (κ3) is 4.46. The Bertz CT molecular complexity index is 1390. The monoisotopic (exact) mass is 527 g/mol. The summed E-state index contributed by atoms with van der Waals surface area (Å²) >= 11 is 19.8. The van der Waals surface area contributed by atoms with Crippen LogP contribution in [0, 0.1) is 4.77 Å². The number of rotatable bonds is 6. The van der Waals surface area contributed by atoms with Crippen molar-refractivity contribution in [2.75, 3.05) is 16.1 Å². The first-order valence-corrected chi connectivity index (χ1v) is 12.7. The van der Waals surface area contributed by atoms with Gasteiger partial charge in [-0.25, -0.2) is 9.69 Å². The van der Waals surface area contributed by atoms with Crippen LogP contribution in [0.5, 0.6) is 0 Å². The maximum Gasteiger partial charge on any atom is 0.252 e. The maximum atomic E-state index is 13.0. The van der Waals surface area contributed by atoms with E-state index in [1.807, 2.05) is 54.6 Å². The molecule has 1 aromatic heterocycles. The first-order valence-electron chi connectivity index (χ1n) is 10.5. The number of aromatic amines is 1. The zero-order valence-electron chi connectivity index (χ0n) is 17.7. The molecule has 1 amide bonds. The van der Waals surface area contributed by atoms with Gasteiger partial charge in [0, 0.05) is 12.1 Å². The van der Waals surface area contributed by atoms with E-state index >= 15 is 0 Å². The number of nitrogens with zero attached hydrogens (tertiary/aromatic N) is 3. The van der Waals surface area contributed by atoms with Crippen molar-refractivity contribution >= 4 is 64.5 Å². The highest BCUT2D eigenvalue weighted by molar-refractivity contribution is 8.00. The predicted octanol–water partition coefficient (Wildman–Crippen LogP) is 6.49. The van der Waals surface area contributed by atoms with Gasteiger partial charge in [-0.15, -0.1) is 11.8 Å². The molecule has 10 heteroatoms. The number of halogens is 2. The van der Waals surface area contributed by atoms with Crippen LogP contribution in [-0.2, 0) is 11.2 Å². The summed E-state index contributed by atoms with van der Waals surface area (Å²) in [5.41, 5.74) is 3.44. The van der Waals surface area contributed by atoms with Crippen LogP contribution in [0.1, 0.15) is 22.3 Å². The smallest absolute Gasteiger partial charge is 0.252 e. The van der Waals surface area contributed by atoms with Gasteiger partial charge in [-0.3, -0.25) is 9.89 Å². The van der Waals surface area contributed by atoms with Crippen molar-refractivity contribution in [3.05, 3.63) is 105 Å². The van der Waals surface area contributed by atoms with Crippen LogP contribution in [0.4, 0.5) is 11.4 Å². The zero-order chi connectivity index (χ0) is 23.7. The van der Waals surface area contributed by atoms with Gasteiger partial charge in [0.2, 0.25) is 4.77 Å². The largest absolute Gasteiger partial charge is 0.353 e. The lowest BCUT2D eigenvalue weighted by Crippen LogP contribution is -2.39. The Morgan fingerprint density at radius 1 is 1.03 bits per heavy atom. The summed E-state index contributed by atoms with van der Waals surface area (Å²) in [6, 6.07) is 23.1. The van der Waals surface area contributed by atoms with Gasteiger partial charge < -0.3 is 5.32 Å². The second-order valence-electron chi connectivity index (χ2n) is 7.62. The summed E-state index contributed by atoms with van der Waals surface area (Å²) in [6.45, 7) is 0. The lowest BCUT2D eigenvalue weighted by atomic mass is 10.1. The van der Waals surface area contributed by atoms with Crippen LogP contribution in [0.15, 0.2) is 72.8 Å². The molecule has 6 nitrogen and oxygen atoms in total. The van der Waals surface area contributed by atoms with Crippen molar-refractivity contribution in [1.82, 2.24) is 14.9 Å². The van der Waals surface area contributed by atoms with Crippen molar-refractivity contribution in [3.8, 4) is 0 Å². The topological polar surface area (TPSA) is 66.0 Å². The molecule has 34 heavy (non-hydrogen) atoms. The van der Waals surface area contributed by atoms with Gasteiger partial charge in [-0.1, -0.05) is 77.8 Å². The Labute approximate surface area is 215 Å². The fourth-order valence-corrected chi connectivity index (χ4v) is 5.74.